The van der Waals surface area contributed by atoms with Gasteiger partial charge in [-0.2, -0.15) is 5.10 Å². The highest BCUT2D eigenvalue weighted by atomic mass is 28.4. The Morgan fingerprint density at radius 1 is 0.889 bits per heavy atom. The Kier molecular flexibility index (Phi) is 11.5. The first kappa shape index (κ1) is 32.8. The zero-order chi connectivity index (χ0) is 28.0. The van der Waals surface area contributed by atoms with Gasteiger partial charge in [-0.1, -0.05) is 41.5 Å². The molecule has 1 aromatic rings. The molecule has 0 spiro atoms. The molecule has 8 nitrogen and oxygen atoms in total. The second-order valence-corrected chi connectivity index (χ2v) is 23.1. The summed E-state index contributed by atoms with van der Waals surface area (Å²) in [4.78, 5) is 11.8. The van der Waals surface area contributed by atoms with Crippen LogP contribution in [0.3, 0.4) is 0 Å². The minimum Gasteiger partial charge on any atom is -0.444 e. The van der Waals surface area contributed by atoms with Gasteiger partial charge in [-0.3, -0.25) is 4.68 Å². The van der Waals surface area contributed by atoms with Gasteiger partial charge in [0.15, 0.2) is 16.6 Å². The van der Waals surface area contributed by atoms with E-state index in [9.17, 15) is 4.79 Å². The van der Waals surface area contributed by atoms with E-state index in [0.717, 1.165) is 11.4 Å². The van der Waals surface area contributed by atoms with Crippen molar-refractivity contribution in [1.29, 1.82) is 0 Å². The largest absolute Gasteiger partial charge is 0.444 e. The number of carbonyl (C=O) groups is 1. The van der Waals surface area contributed by atoms with Crippen molar-refractivity contribution in [2.45, 2.75) is 124 Å². The molecule has 0 atom stereocenters. The Labute approximate surface area is 222 Å². The van der Waals surface area contributed by atoms with E-state index in [1.165, 1.54) is 0 Å². The van der Waals surface area contributed by atoms with Crippen molar-refractivity contribution in [2.24, 2.45) is 0 Å². The minimum absolute atomic E-state index is 0.135. The lowest BCUT2D eigenvalue weighted by Gasteiger charge is -2.36. The van der Waals surface area contributed by atoms with Crippen molar-refractivity contribution in [2.75, 3.05) is 19.8 Å². The van der Waals surface area contributed by atoms with Gasteiger partial charge < -0.3 is 23.6 Å². The molecule has 36 heavy (non-hydrogen) atoms. The first-order chi connectivity index (χ1) is 16.1. The first-order valence-corrected chi connectivity index (χ1v) is 18.8. The fraction of sp³-hybridized carbons (Fsp3) is 0.846. The van der Waals surface area contributed by atoms with E-state index < -0.39 is 28.3 Å². The van der Waals surface area contributed by atoms with Crippen molar-refractivity contribution < 1.29 is 23.1 Å². The Balaban J connectivity index is 2.77. The molecule has 1 amide bonds. The second-order valence-electron chi connectivity index (χ2n) is 13.5. The van der Waals surface area contributed by atoms with Gasteiger partial charge >= 0.3 is 6.09 Å². The summed E-state index contributed by atoms with van der Waals surface area (Å²) < 4.78 is 25.9. The van der Waals surface area contributed by atoms with Crippen LogP contribution in [0.2, 0.25) is 36.3 Å². The van der Waals surface area contributed by atoms with Crippen LogP contribution in [0.1, 0.15) is 73.7 Å². The molecule has 0 aliphatic carbocycles. The van der Waals surface area contributed by atoms with Crippen molar-refractivity contribution in [1.82, 2.24) is 15.1 Å². The van der Waals surface area contributed by atoms with Gasteiger partial charge in [-0.05, 0) is 63.1 Å². The van der Waals surface area contributed by atoms with E-state index in [-0.39, 0.29) is 10.1 Å². The zero-order valence-electron chi connectivity index (χ0n) is 25.3. The normalized spacial score (nSPS) is 13.7. The number of hydrogen-bond donors (Lipinski definition) is 1. The SMILES string of the molecule is CC(C)(C)OC(=O)NCCOCCn1nc(CO[Si](C)(C)C(C)(C)C)cc1CO[Si](C)(C)C(C)(C)C. The fourth-order valence-corrected chi connectivity index (χ4v) is 4.51. The summed E-state index contributed by atoms with van der Waals surface area (Å²) in [5, 5.41) is 7.81. The highest BCUT2D eigenvalue weighted by Gasteiger charge is 2.38. The molecule has 0 aromatic carbocycles. The predicted molar refractivity (Wildman–Crippen MR) is 151 cm³/mol. The molecule has 210 valence electrons. The zero-order valence-corrected chi connectivity index (χ0v) is 27.3. The van der Waals surface area contributed by atoms with Gasteiger partial charge in [-0.15, -0.1) is 0 Å². The van der Waals surface area contributed by atoms with E-state index >= 15 is 0 Å². The van der Waals surface area contributed by atoms with Gasteiger partial charge in [0.05, 0.1) is 44.4 Å². The highest BCUT2D eigenvalue weighted by Crippen LogP contribution is 2.38. The lowest BCUT2D eigenvalue weighted by Crippen LogP contribution is -2.40. The highest BCUT2D eigenvalue weighted by molar-refractivity contribution is 6.74. The first-order valence-electron chi connectivity index (χ1n) is 13.0. The third kappa shape index (κ3) is 11.0. The molecular weight excluding hydrogens is 490 g/mol. The lowest BCUT2D eigenvalue weighted by molar-refractivity contribution is 0.0496. The van der Waals surface area contributed by atoms with Crippen molar-refractivity contribution in [3.8, 4) is 0 Å². The smallest absolute Gasteiger partial charge is 0.407 e. The minimum atomic E-state index is -1.90. The number of aromatic nitrogens is 2. The molecule has 1 N–H and O–H groups in total. The van der Waals surface area contributed by atoms with E-state index in [2.05, 4.69) is 79.1 Å². The maximum absolute atomic E-state index is 11.8. The summed E-state index contributed by atoms with van der Waals surface area (Å²) in [5.41, 5.74) is 1.43. The van der Waals surface area contributed by atoms with Gasteiger partial charge in [-0.25, -0.2) is 4.79 Å². The van der Waals surface area contributed by atoms with Gasteiger partial charge in [0.25, 0.3) is 0 Å². The molecule has 0 fully saturated rings. The van der Waals surface area contributed by atoms with Gasteiger partial charge in [0, 0.05) is 6.54 Å². The predicted octanol–water partition coefficient (Wildman–Crippen LogP) is 6.47. The molecule has 1 aromatic heterocycles. The van der Waals surface area contributed by atoms with Crippen LogP contribution in [-0.4, -0.2) is 57.9 Å². The van der Waals surface area contributed by atoms with Gasteiger partial charge in [0.2, 0.25) is 0 Å². The summed E-state index contributed by atoms with van der Waals surface area (Å²) in [5.74, 6) is 0. The van der Waals surface area contributed by atoms with Crippen molar-refractivity contribution >= 4 is 22.7 Å². The van der Waals surface area contributed by atoms with Crippen LogP contribution >= 0.6 is 0 Å². The van der Waals surface area contributed by atoms with Crippen LogP contribution in [0.5, 0.6) is 0 Å². The summed E-state index contributed by atoms with van der Waals surface area (Å²) in [6, 6.07) is 2.10. The van der Waals surface area contributed by atoms with E-state index in [4.69, 9.17) is 23.4 Å². The van der Waals surface area contributed by atoms with E-state index in [1.807, 2.05) is 25.5 Å². The second kappa shape index (κ2) is 12.6. The number of alkyl carbamates (subject to hydrolysis) is 1. The number of nitrogens with zero attached hydrogens (tertiary/aromatic N) is 2. The van der Waals surface area contributed by atoms with E-state index in [0.29, 0.717) is 39.5 Å². The van der Waals surface area contributed by atoms with Crippen LogP contribution in [0, 0.1) is 0 Å². The topological polar surface area (TPSA) is 83.8 Å². The Morgan fingerprint density at radius 3 is 1.92 bits per heavy atom. The molecule has 10 heteroatoms. The summed E-state index contributed by atoms with van der Waals surface area (Å²) in [7, 11) is -3.78. The fourth-order valence-electron chi connectivity index (χ4n) is 2.63. The average molecular weight is 544 g/mol. The molecule has 0 saturated carbocycles. The molecule has 0 aliphatic rings. The monoisotopic (exact) mass is 543 g/mol. The Bertz CT molecular complexity index is 834. The maximum Gasteiger partial charge on any atom is 0.407 e. The number of nitrogens with one attached hydrogen (secondary N) is 1. The average Bonchev–Trinajstić information content (AvgIpc) is 3.06. The summed E-state index contributed by atoms with van der Waals surface area (Å²) >= 11 is 0. The quantitative estimate of drug-likeness (QED) is 0.240. The molecule has 0 bridgehead atoms. The summed E-state index contributed by atoms with van der Waals surface area (Å²) in [6.07, 6.45) is -0.436. The number of ether oxygens (including phenoxy) is 2. The van der Waals surface area contributed by atoms with Crippen molar-refractivity contribution in [3.05, 3.63) is 17.5 Å². The van der Waals surface area contributed by atoms with Crippen LogP contribution in [-0.2, 0) is 38.1 Å². The molecule has 0 radical (unpaired) electrons. The number of rotatable bonds is 12. The van der Waals surface area contributed by atoms with Crippen LogP contribution in [0.15, 0.2) is 6.07 Å². The van der Waals surface area contributed by atoms with Crippen LogP contribution < -0.4 is 5.32 Å². The Hall–Kier alpha value is -1.21. The Morgan fingerprint density at radius 2 is 1.42 bits per heavy atom. The molecule has 0 aliphatic heterocycles. The molecule has 0 unspecified atom stereocenters. The van der Waals surface area contributed by atoms with Crippen LogP contribution in [0.25, 0.3) is 0 Å². The molecule has 0 saturated heterocycles. The molecular formula is C26H53N3O5Si2. The van der Waals surface area contributed by atoms with Gasteiger partial charge in [0.1, 0.15) is 5.60 Å². The summed E-state index contributed by atoms with van der Waals surface area (Å²) in [6.45, 7) is 30.9. The number of amides is 1. The van der Waals surface area contributed by atoms with E-state index in [1.54, 1.807) is 0 Å². The number of hydrogen-bond acceptors (Lipinski definition) is 6. The van der Waals surface area contributed by atoms with Crippen LogP contribution in [0.4, 0.5) is 4.79 Å². The number of carbonyl (C=O) groups excluding carboxylic acids is 1. The molecule has 1 heterocycles. The maximum atomic E-state index is 11.8. The molecule has 1 rings (SSSR count). The lowest BCUT2D eigenvalue weighted by atomic mass is 10.2. The standard InChI is InChI=1S/C26H53N3O5Si2/c1-24(2,3)34-23(30)27-14-16-31-17-15-29-22(20-33-36(12,13)26(7,8)9)18-21(28-29)19-32-35(10,11)25(4,5)6/h18H,14-17,19-20H2,1-13H3,(H,27,30). The third-order valence-corrected chi connectivity index (χ3v) is 16.0. The van der Waals surface area contributed by atoms with Crippen molar-refractivity contribution in [3.63, 3.8) is 0 Å². The third-order valence-electron chi connectivity index (χ3n) is 7.05.